The second kappa shape index (κ2) is 13.2. The van der Waals surface area contributed by atoms with Crippen molar-refractivity contribution >= 4 is 22.3 Å². The van der Waals surface area contributed by atoms with Gasteiger partial charge in [-0.2, -0.15) is 5.26 Å². The van der Waals surface area contributed by atoms with Gasteiger partial charge in [0.05, 0.1) is 44.2 Å². The van der Waals surface area contributed by atoms with Gasteiger partial charge in [0, 0.05) is 35.9 Å². The highest BCUT2D eigenvalue weighted by Gasteiger charge is 2.23. The Morgan fingerprint density at radius 2 is 1.80 bits per heavy atom. The fourth-order valence-corrected chi connectivity index (χ4v) is 5.12. The number of aromatic nitrogens is 1. The minimum atomic E-state index is 0.201. The van der Waals surface area contributed by atoms with Gasteiger partial charge in [-0.1, -0.05) is 12.1 Å². The Morgan fingerprint density at radius 1 is 1.02 bits per heavy atom. The van der Waals surface area contributed by atoms with Crippen LogP contribution in [0.15, 0.2) is 66.9 Å². The van der Waals surface area contributed by atoms with Crippen LogP contribution in [0.1, 0.15) is 24.8 Å². The number of hydrogen-bond acceptors (Lipinski definition) is 9. The lowest BCUT2D eigenvalue weighted by atomic mass is 10.1. The molecule has 212 valence electrons. The maximum absolute atomic E-state index is 9.83. The summed E-state index contributed by atoms with van der Waals surface area (Å²) < 4.78 is 23.1. The molecule has 41 heavy (non-hydrogen) atoms. The number of anilines is 2. The van der Waals surface area contributed by atoms with Crippen LogP contribution in [-0.4, -0.2) is 61.6 Å². The van der Waals surface area contributed by atoms with Crippen LogP contribution in [0.3, 0.4) is 0 Å². The number of methoxy groups -OCH3 is 2. The minimum absolute atomic E-state index is 0.201. The van der Waals surface area contributed by atoms with E-state index in [1.807, 2.05) is 60.7 Å². The number of rotatable bonds is 12. The van der Waals surface area contributed by atoms with Crippen LogP contribution in [-0.2, 0) is 0 Å². The van der Waals surface area contributed by atoms with E-state index in [1.165, 1.54) is 0 Å². The Kier molecular flexibility index (Phi) is 9.04. The number of fused-ring (bicyclic) bond motifs is 1. The highest BCUT2D eigenvalue weighted by atomic mass is 16.5. The molecule has 1 atom stereocenters. The molecule has 2 N–H and O–H groups in total. The zero-order valence-electron chi connectivity index (χ0n) is 23.3. The largest absolute Gasteiger partial charge is 0.493 e. The lowest BCUT2D eigenvalue weighted by Crippen LogP contribution is -2.33. The second-order valence-electron chi connectivity index (χ2n) is 9.80. The third-order valence-corrected chi connectivity index (χ3v) is 7.25. The molecule has 1 aromatic heterocycles. The first-order valence-electron chi connectivity index (χ1n) is 13.7. The SMILES string of the molecule is COc1cc2c(Nc3ccc(Oc4ccccc4OC)cc3)c(C#N)cnc2cc1OCCCN1CCCC1CO. The number of nitriles is 1. The van der Waals surface area contributed by atoms with Crippen molar-refractivity contribution in [1.29, 1.82) is 5.26 Å². The van der Waals surface area contributed by atoms with Gasteiger partial charge in [-0.3, -0.25) is 9.88 Å². The van der Waals surface area contributed by atoms with Crippen LogP contribution in [0.4, 0.5) is 11.4 Å². The molecule has 0 bridgehead atoms. The number of para-hydroxylation sites is 2. The topological polar surface area (TPSA) is 109 Å². The number of aliphatic hydroxyl groups excluding tert-OH is 1. The third-order valence-electron chi connectivity index (χ3n) is 7.25. The van der Waals surface area contributed by atoms with Gasteiger partial charge in [0.2, 0.25) is 0 Å². The minimum Gasteiger partial charge on any atom is -0.493 e. The number of ether oxygens (including phenoxy) is 4. The summed E-state index contributed by atoms with van der Waals surface area (Å²) in [5, 5.41) is 23.5. The van der Waals surface area contributed by atoms with Gasteiger partial charge in [-0.25, -0.2) is 0 Å². The van der Waals surface area contributed by atoms with Gasteiger partial charge < -0.3 is 29.4 Å². The maximum atomic E-state index is 9.83. The predicted molar refractivity (Wildman–Crippen MR) is 158 cm³/mol. The predicted octanol–water partition coefficient (Wildman–Crippen LogP) is 5.89. The third kappa shape index (κ3) is 6.46. The van der Waals surface area contributed by atoms with Crippen molar-refractivity contribution in [3.63, 3.8) is 0 Å². The molecule has 1 saturated heterocycles. The molecule has 4 aromatic rings. The van der Waals surface area contributed by atoms with Crippen LogP contribution in [0.5, 0.6) is 28.7 Å². The molecule has 3 aromatic carbocycles. The Hall–Kier alpha value is -4.52. The van der Waals surface area contributed by atoms with E-state index < -0.39 is 0 Å². The highest BCUT2D eigenvalue weighted by molar-refractivity contribution is 5.97. The summed E-state index contributed by atoms with van der Waals surface area (Å²) in [6.45, 7) is 2.61. The molecule has 2 heterocycles. The van der Waals surface area contributed by atoms with Crippen molar-refractivity contribution in [1.82, 2.24) is 9.88 Å². The van der Waals surface area contributed by atoms with Gasteiger partial charge in [0.15, 0.2) is 23.0 Å². The highest BCUT2D eigenvalue weighted by Crippen LogP contribution is 2.38. The van der Waals surface area contributed by atoms with Crippen molar-refractivity contribution in [2.24, 2.45) is 0 Å². The average molecular weight is 555 g/mol. The molecule has 1 fully saturated rings. The Morgan fingerprint density at radius 3 is 2.54 bits per heavy atom. The average Bonchev–Trinajstić information content (AvgIpc) is 3.48. The summed E-state index contributed by atoms with van der Waals surface area (Å²) in [6, 6.07) is 21.1. The monoisotopic (exact) mass is 554 g/mol. The Bertz CT molecular complexity index is 1520. The number of nitrogens with zero attached hydrogens (tertiary/aromatic N) is 3. The van der Waals surface area contributed by atoms with Gasteiger partial charge in [-0.15, -0.1) is 0 Å². The van der Waals surface area contributed by atoms with E-state index in [4.69, 9.17) is 18.9 Å². The summed E-state index contributed by atoms with van der Waals surface area (Å²) in [4.78, 5) is 6.83. The Balaban J connectivity index is 1.32. The van der Waals surface area contributed by atoms with Crippen LogP contribution in [0.2, 0.25) is 0 Å². The number of aliphatic hydroxyl groups is 1. The number of hydrogen-bond donors (Lipinski definition) is 2. The molecular formula is C32H34N4O5. The first-order valence-corrected chi connectivity index (χ1v) is 13.7. The van der Waals surface area contributed by atoms with E-state index in [0.717, 1.165) is 43.4 Å². The molecule has 9 heteroatoms. The quantitative estimate of drug-likeness (QED) is 0.207. The fraction of sp³-hybridized carbons (Fsp3) is 0.312. The van der Waals surface area contributed by atoms with Gasteiger partial charge in [-0.05, 0) is 68.3 Å². The summed E-state index contributed by atoms with van der Waals surface area (Å²) in [5.74, 6) is 3.09. The first kappa shape index (κ1) is 28.0. The fourth-order valence-electron chi connectivity index (χ4n) is 5.12. The van der Waals surface area contributed by atoms with Crippen LogP contribution in [0, 0.1) is 11.3 Å². The smallest absolute Gasteiger partial charge is 0.169 e. The number of likely N-dealkylation sites (tertiary alicyclic amines) is 1. The molecule has 0 aliphatic carbocycles. The zero-order chi connectivity index (χ0) is 28.6. The van der Waals surface area contributed by atoms with E-state index >= 15 is 0 Å². The molecule has 1 aliphatic heterocycles. The van der Waals surface area contributed by atoms with Crippen LogP contribution >= 0.6 is 0 Å². The van der Waals surface area contributed by atoms with Crippen molar-refractivity contribution in [3.05, 3.63) is 72.4 Å². The van der Waals surface area contributed by atoms with Crippen molar-refractivity contribution in [3.8, 4) is 34.8 Å². The molecule has 0 radical (unpaired) electrons. The summed E-state index contributed by atoms with van der Waals surface area (Å²) >= 11 is 0. The van der Waals surface area contributed by atoms with E-state index in [1.54, 1.807) is 20.4 Å². The van der Waals surface area contributed by atoms with Crippen molar-refractivity contribution in [2.75, 3.05) is 45.8 Å². The number of nitrogens with one attached hydrogen (secondary N) is 1. The summed E-state index contributed by atoms with van der Waals surface area (Å²) in [6.07, 6.45) is 4.56. The molecule has 0 spiro atoms. The van der Waals surface area contributed by atoms with Gasteiger partial charge >= 0.3 is 0 Å². The summed E-state index contributed by atoms with van der Waals surface area (Å²) in [7, 11) is 3.20. The van der Waals surface area contributed by atoms with E-state index in [9.17, 15) is 10.4 Å². The molecule has 1 aliphatic rings. The molecular weight excluding hydrogens is 520 g/mol. The molecule has 5 rings (SSSR count). The van der Waals surface area contributed by atoms with E-state index in [2.05, 4.69) is 21.3 Å². The zero-order valence-corrected chi connectivity index (χ0v) is 23.3. The summed E-state index contributed by atoms with van der Waals surface area (Å²) in [5.41, 5.74) is 2.50. The number of benzene rings is 3. The van der Waals surface area contributed by atoms with E-state index in [0.29, 0.717) is 52.1 Å². The second-order valence-corrected chi connectivity index (χ2v) is 9.80. The van der Waals surface area contributed by atoms with Crippen molar-refractivity contribution < 1.29 is 24.1 Å². The lowest BCUT2D eigenvalue weighted by molar-refractivity contribution is 0.150. The van der Waals surface area contributed by atoms with Gasteiger partial charge in [0.25, 0.3) is 0 Å². The molecule has 0 amide bonds. The molecule has 9 nitrogen and oxygen atoms in total. The number of pyridine rings is 1. The van der Waals surface area contributed by atoms with Crippen molar-refractivity contribution in [2.45, 2.75) is 25.3 Å². The molecule has 1 unspecified atom stereocenters. The first-order chi connectivity index (χ1) is 20.1. The Labute approximate surface area is 239 Å². The van der Waals surface area contributed by atoms with E-state index in [-0.39, 0.29) is 12.6 Å². The van der Waals surface area contributed by atoms with Crippen LogP contribution < -0.4 is 24.3 Å². The maximum Gasteiger partial charge on any atom is 0.169 e. The normalized spacial score (nSPS) is 14.9. The van der Waals surface area contributed by atoms with Crippen LogP contribution in [0.25, 0.3) is 10.9 Å². The molecule has 0 saturated carbocycles. The van der Waals surface area contributed by atoms with Gasteiger partial charge in [0.1, 0.15) is 11.8 Å². The lowest BCUT2D eigenvalue weighted by Gasteiger charge is -2.22. The standard InChI is InChI=1S/C32H34N4O5/c1-38-28-8-3-4-9-29(28)41-25-12-10-23(11-13-25)35-32-22(19-33)20-34-27-18-31(30(39-2)17-26(27)32)40-16-6-15-36-14-5-7-24(36)21-37/h3-4,8-13,17-18,20,24,37H,5-7,14-16,21H2,1-2H3,(H,34,35).